The first-order valence-electron chi connectivity index (χ1n) is 49.1. The Morgan fingerprint density at radius 3 is 1.41 bits per heavy atom. The number of ether oxygens (including phenoxy) is 8. The minimum atomic E-state index is -3.74. The highest BCUT2D eigenvalue weighted by Gasteiger charge is 2.83. The number of piperidine rings is 2. The van der Waals surface area contributed by atoms with Crippen LogP contribution in [0.25, 0.3) is 21.8 Å². The van der Waals surface area contributed by atoms with Crippen LogP contribution < -0.4 is 24.6 Å². The number of nitrogens with zero attached hydrogens (tertiary/aromatic N) is 7. The normalized spacial score (nSPS) is 33.0. The number of aromatic amines is 2. The van der Waals surface area contributed by atoms with Crippen LogP contribution in [0.4, 0.5) is 11.4 Å². The standard InChI is InChI=1S/C52H68N5O13P.C46H58N4O9.C5H10NO3P/c1-9-48(54-41(60)29-71(64,68-11-3)69-12-4)26-33-27-51(46(61)66-7,42-35(18-22-55(28-33)30-48)34-16-13-14-17-38(34)53-42)37-24-36-39(25-40(37)65-6)57(31-58)44-50(36)20-23-56-21-15-19-49(10-2,43(50)56)45(70-32(5)59)52(44,63)47(62)67-8;1-8-42(54)23-28-24-45(40(52)57-6,36-30(15-19-49(25-28)26-42)29-13-10-11-14-33(29)47-36)32-21-31-34(22-35(32)56-5)48(4)38-44(31)17-20-50-18-12-16-43(9-2,37(44)50)39(59-27(3)51)46(38,55)41(53)58-7;1-3-8-10(7,5-6)9-4-2/h13-17,19,24-25,31,33,43-45,53,63H,9-12,18,20-23,26-30H2,1-8H3,(H,54,60);10-14,16,21-22,28,37-39,47,54-55H,8-9,15,17-20,23-26H2,1-7H3;3-4H2,1-2H3/t33-,43-,44+,45+,48-,49+,50+,51-,52-;28-,37-,38+,39+,42-,43+,44+,45-,46-;/m00./s1. The molecule has 10 aliphatic heterocycles. The molecular formula is C103H136N10O25P2. The van der Waals surface area contributed by atoms with E-state index in [4.69, 9.17) is 52.2 Å². The molecule has 37 heteroatoms. The number of hydrogen-bond acceptors (Lipinski definition) is 31. The topological polar surface area (TPSA) is 429 Å². The van der Waals surface area contributed by atoms with Gasteiger partial charge in [-0.15, -0.1) is 0 Å². The number of anilines is 2. The third kappa shape index (κ3) is 15.9. The maximum atomic E-state index is 15.7. The fourth-order valence-electron chi connectivity index (χ4n) is 28.5. The van der Waals surface area contributed by atoms with Gasteiger partial charge in [-0.05, 0) is 176 Å². The lowest BCUT2D eigenvalue weighted by Gasteiger charge is -2.63. The molecule has 6 N–H and O–H groups in total. The molecule has 2 unspecified atom stereocenters. The molecule has 18 rings (SSSR count). The van der Waals surface area contributed by atoms with E-state index in [2.05, 4.69) is 68.2 Å². The predicted octanol–water partition coefficient (Wildman–Crippen LogP) is 10.6. The Hall–Kier alpha value is -9.89. The van der Waals surface area contributed by atoms with Gasteiger partial charge >= 0.3 is 51.0 Å². The third-order valence-electron chi connectivity index (χ3n) is 33.3. The van der Waals surface area contributed by atoms with E-state index in [1.807, 2.05) is 106 Å². The largest absolute Gasteiger partial charge is 0.496 e. The second-order valence-corrected chi connectivity index (χ2v) is 43.7. The number of likely N-dealkylation sites (N-methyl/N-ethyl adjacent to an activating group) is 1. The monoisotopic (exact) mass is 1970 g/mol. The van der Waals surface area contributed by atoms with Crippen LogP contribution >= 0.6 is 15.2 Å². The number of hydrogen-bond donors (Lipinski definition) is 6. The minimum absolute atomic E-state index is 0.0986. The molecule has 140 heavy (non-hydrogen) atoms. The Labute approximate surface area is 817 Å². The molecule has 0 radical (unpaired) electrons. The summed E-state index contributed by atoms with van der Waals surface area (Å²) < 4.78 is 92.7. The number of para-hydroxylation sites is 2. The van der Waals surface area contributed by atoms with Crippen LogP contribution in [0.5, 0.6) is 11.5 Å². The highest BCUT2D eigenvalue weighted by atomic mass is 31.2. The van der Waals surface area contributed by atoms with Crippen molar-refractivity contribution < 1.29 is 119 Å². The molecule has 2 aromatic heterocycles. The van der Waals surface area contributed by atoms with Gasteiger partial charge in [0.15, 0.2) is 18.0 Å². The Kier molecular flexibility index (Phi) is 28.7. The Morgan fingerprint density at radius 2 is 0.979 bits per heavy atom. The van der Waals surface area contributed by atoms with Gasteiger partial charge in [-0.25, -0.2) is 14.2 Å². The van der Waals surface area contributed by atoms with E-state index < -0.39 is 148 Å². The summed E-state index contributed by atoms with van der Waals surface area (Å²) in [7, 11) is 3.04. The van der Waals surface area contributed by atoms with E-state index >= 15 is 9.59 Å². The second kappa shape index (κ2) is 39.0. The molecule has 20 atom stereocenters. The predicted molar refractivity (Wildman–Crippen MR) is 519 cm³/mol. The van der Waals surface area contributed by atoms with Crippen molar-refractivity contribution in [1.29, 1.82) is 5.26 Å². The van der Waals surface area contributed by atoms with E-state index in [0.717, 1.165) is 57.0 Å². The zero-order valence-electron chi connectivity index (χ0n) is 83.4. The van der Waals surface area contributed by atoms with Crippen LogP contribution in [-0.4, -0.2) is 299 Å². The second-order valence-electron chi connectivity index (χ2n) is 40.0. The van der Waals surface area contributed by atoms with Gasteiger partial charge < -0.3 is 92.2 Å². The quantitative estimate of drug-likeness (QED) is 0.00966. The van der Waals surface area contributed by atoms with Gasteiger partial charge in [0.2, 0.25) is 23.5 Å². The van der Waals surface area contributed by atoms with Crippen LogP contribution in [0.2, 0.25) is 0 Å². The number of methoxy groups -OCH3 is 6. The van der Waals surface area contributed by atoms with Crippen molar-refractivity contribution in [3.63, 3.8) is 0 Å². The van der Waals surface area contributed by atoms with E-state index in [9.17, 15) is 53.2 Å². The number of H-pyrrole nitrogens is 2. The SMILES string of the molecule is CCOP(=O)(C#N)OCC.CCOP(=O)(CC(=O)N[C@@]1(CC)C[C@@H]2CN(CCc3c([nH]c4ccccc34)[C@@](C(=O)OC)(c3cc4c(cc3OC)N(C=O)[C@H]3[C@@](O)(C(=O)OC)[C@H](OC(C)=O)[C@]5(CC)C=CCN6CC[C@]43[C@@H]65)C2)C1)OCC.CC[C@]1(O)C[C@@H]2CN(CCc3c([nH]c4ccccc34)[C@@](C(=O)OC)(c3cc4c(cc3OC)N(C)[C@H]3[C@@](O)(C(=O)OC)[C@H](OC(C)=O)[C@]5(CC)C=CCN6CC[C@]43[C@@H]65)C2)C1. The molecule has 6 aromatic rings. The number of rotatable bonds is 26. The molecule has 6 fully saturated rings. The zero-order valence-corrected chi connectivity index (χ0v) is 85.2. The Bertz CT molecular complexity index is 6020. The van der Waals surface area contributed by atoms with Crippen LogP contribution in [0.1, 0.15) is 178 Å². The first-order valence-corrected chi connectivity index (χ1v) is 52.4. The van der Waals surface area contributed by atoms with Gasteiger partial charge in [-0.3, -0.25) is 57.1 Å². The van der Waals surface area contributed by atoms with Gasteiger partial charge in [0.05, 0.1) is 98.0 Å². The molecule has 2 aliphatic carbocycles. The van der Waals surface area contributed by atoms with Gasteiger partial charge in [-0.1, -0.05) is 88.4 Å². The number of benzene rings is 4. The molecular weight excluding hydrogens is 1840 g/mol. The van der Waals surface area contributed by atoms with Gasteiger partial charge in [0.1, 0.15) is 28.5 Å². The fraction of sp³-hybridized carbons (Fsp3) is 0.602. The summed E-state index contributed by atoms with van der Waals surface area (Å²) in [6.45, 7) is 23.9. The van der Waals surface area contributed by atoms with Crippen molar-refractivity contribution in [2.45, 2.75) is 227 Å². The average molecular weight is 1980 g/mol. The summed E-state index contributed by atoms with van der Waals surface area (Å²) >= 11 is 0. The van der Waals surface area contributed by atoms with Crippen molar-refractivity contribution in [2.75, 3.05) is 158 Å². The smallest absolute Gasteiger partial charge is 0.431 e. The van der Waals surface area contributed by atoms with E-state index in [1.165, 1.54) is 53.0 Å². The number of aliphatic hydroxyl groups is 3. The molecule has 4 saturated heterocycles. The number of fused-ring (bicyclic) bond motifs is 12. The molecule has 2 saturated carbocycles. The number of carbonyl (C=O) groups is 8. The van der Waals surface area contributed by atoms with Crippen LogP contribution in [0.15, 0.2) is 97.1 Å². The maximum absolute atomic E-state index is 15.7. The number of nitrogens with one attached hydrogen (secondary N) is 3. The van der Waals surface area contributed by atoms with Crippen molar-refractivity contribution in [2.24, 2.45) is 22.7 Å². The van der Waals surface area contributed by atoms with Gasteiger partial charge in [-0.2, -0.15) is 5.26 Å². The summed E-state index contributed by atoms with van der Waals surface area (Å²) in [5.74, 6) is -2.89. The summed E-state index contributed by atoms with van der Waals surface area (Å²) in [6.07, 6.45) is 10.9. The lowest BCUT2D eigenvalue weighted by atomic mass is 9.47. The van der Waals surface area contributed by atoms with E-state index in [0.29, 0.717) is 176 Å². The van der Waals surface area contributed by atoms with E-state index in [-0.39, 0.29) is 56.5 Å². The van der Waals surface area contributed by atoms with Crippen LogP contribution in [-0.2, 0) is 129 Å². The first kappa shape index (κ1) is 103. The van der Waals surface area contributed by atoms with Crippen molar-refractivity contribution >= 4 is 96.5 Å². The maximum Gasteiger partial charge on any atom is 0.431 e. The van der Waals surface area contributed by atoms with Gasteiger partial charge in [0.25, 0.3) is 0 Å². The first-order chi connectivity index (χ1) is 66.9. The lowest BCUT2D eigenvalue weighted by molar-refractivity contribution is -0.229. The Balaban J connectivity index is 0.000000186. The minimum Gasteiger partial charge on any atom is -0.496 e. The summed E-state index contributed by atoms with van der Waals surface area (Å²) in [5, 5.41) is 52.3. The third-order valence-corrected chi connectivity index (χ3v) is 36.7. The highest BCUT2D eigenvalue weighted by molar-refractivity contribution is 7.59. The molecule has 35 nitrogen and oxygen atoms in total. The lowest BCUT2D eigenvalue weighted by Crippen LogP contribution is -2.81. The Morgan fingerprint density at radius 1 is 0.536 bits per heavy atom. The van der Waals surface area contributed by atoms with Crippen LogP contribution in [0, 0.1) is 33.7 Å². The molecule has 2 spiro atoms. The highest BCUT2D eigenvalue weighted by Crippen LogP contribution is 2.72. The molecule has 4 bridgehead atoms. The molecule has 4 aromatic carbocycles. The fourth-order valence-corrected chi connectivity index (χ4v) is 30.9. The summed E-state index contributed by atoms with van der Waals surface area (Å²) in [6, 6.07) is 20.7. The molecule has 2 amide bonds. The summed E-state index contributed by atoms with van der Waals surface area (Å²) in [4.78, 5) is 134. The number of nitriles is 1. The van der Waals surface area contributed by atoms with Crippen molar-refractivity contribution in [3.05, 3.63) is 142 Å². The zero-order chi connectivity index (χ0) is 101. The molecule has 12 aliphatic rings. The van der Waals surface area contributed by atoms with Crippen molar-refractivity contribution in [1.82, 2.24) is 34.9 Å². The average Bonchev–Trinajstić information content (AvgIpc) is 1.49. The number of carbonyl (C=O) groups excluding carboxylic acids is 8. The van der Waals surface area contributed by atoms with Crippen molar-refractivity contribution in [3.8, 4) is 17.3 Å². The number of aromatic nitrogens is 2. The van der Waals surface area contributed by atoms with Gasteiger partial charge in [0, 0.05) is 169 Å². The van der Waals surface area contributed by atoms with Crippen LogP contribution in [0.3, 0.4) is 0 Å². The van der Waals surface area contributed by atoms with E-state index in [1.54, 1.807) is 40.9 Å². The molecule has 758 valence electrons. The number of amides is 2. The number of esters is 6. The molecule has 12 heterocycles. The summed E-state index contributed by atoms with van der Waals surface area (Å²) in [5.41, 5.74) is -5.23.